The molecule has 0 unspecified atom stereocenters. The van der Waals surface area contributed by atoms with Crippen molar-refractivity contribution in [1.82, 2.24) is 4.57 Å². The van der Waals surface area contributed by atoms with E-state index >= 15 is 0 Å². The monoisotopic (exact) mass is 774 g/mol. The van der Waals surface area contributed by atoms with Crippen LogP contribution in [0.15, 0.2) is 84.6 Å². The highest BCUT2D eigenvalue weighted by atomic mass is 79.9. The van der Waals surface area contributed by atoms with E-state index in [-0.39, 0.29) is 17.2 Å². The average Bonchev–Trinajstić information content (AvgIpc) is 3.29. The van der Waals surface area contributed by atoms with E-state index in [0.717, 1.165) is 10.0 Å². The Kier molecular flexibility index (Phi) is 10.2. The van der Waals surface area contributed by atoms with E-state index < -0.39 is 12.0 Å². The Hall–Kier alpha value is -3.38. The van der Waals surface area contributed by atoms with Crippen molar-refractivity contribution in [2.75, 3.05) is 14.2 Å². The lowest BCUT2D eigenvalue weighted by molar-refractivity contribution is -0.143. The Morgan fingerprint density at radius 3 is 2.44 bits per heavy atom. The molecule has 0 aliphatic carbocycles. The zero-order chi connectivity index (χ0) is 32.4. The first-order valence-corrected chi connectivity index (χ1v) is 16.6. The molecule has 5 rings (SSSR count). The summed E-state index contributed by atoms with van der Waals surface area (Å²) in [6.45, 7) is 5.61. The molecule has 0 saturated heterocycles. The first-order valence-electron chi connectivity index (χ1n) is 13.8. The SMILES string of the molecule is COc1ccc(Br)cc1[C@H]1C(C(=O)OC(C)C)=C(C)N=c2s/c(=C\c3cc(Br)c(OCc4ccc(Cl)cc4)c(OC)c3)c(=O)n21. The van der Waals surface area contributed by atoms with Gasteiger partial charge in [-0.15, -0.1) is 0 Å². The smallest absolute Gasteiger partial charge is 0.338 e. The zero-order valence-electron chi connectivity index (χ0n) is 25.0. The second-order valence-corrected chi connectivity index (χ2v) is 13.6. The number of aromatic nitrogens is 1. The maximum Gasteiger partial charge on any atom is 0.338 e. The molecular formula is C33H29Br2ClN2O6S. The molecule has 0 fully saturated rings. The third-order valence-corrected chi connectivity index (χ3v) is 9.23. The fourth-order valence-corrected chi connectivity index (χ4v) is 7.05. The van der Waals surface area contributed by atoms with Crippen molar-refractivity contribution in [3.05, 3.63) is 116 Å². The van der Waals surface area contributed by atoms with Crippen LogP contribution in [0.3, 0.4) is 0 Å². The van der Waals surface area contributed by atoms with Crippen LogP contribution in [0, 0.1) is 0 Å². The van der Waals surface area contributed by atoms with Gasteiger partial charge in [0, 0.05) is 15.1 Å². The second-order valence-electron chi connectivity index (χ2n) is 10.4. The lowest BCUT2D eigenvalue weighted by Gasteiger charge is -2.26. The van der Waals surface area contributed by atoms with Gasteiger partial charge < -0.3 is 18.9 Å². The van der Waals surface area contributed by atoms with E-state index in [9.17, 15) is 9.59 Å². The molecule has 2 heterocycles. The summed E-state index contributed by atoms with van der Waals surface area (Å²) in [6.07, 6.45) is 1.40. The van der Waals surface area contributed by atoms with Crippen LogP contribution in [-0.4, -0.2) is 30.9 Å². The van der Waals surface area contributed by atoms with Gasteiger partial charge in [0.25, 0.3) is 5.56 Å². The number of ether oxygens (including phenoxy) is 4. The van der Waals surface area contributed by atoms with E-state index in [4.69, 9.17) is 30.5 Å². The number of fused-ring (bicyclic) bond motifs is 1. The van der Waals surface area contributed by atoms with Gasteiger partial charge in [-0.2, -0.15) is 0 Å². The van der Waals surface area contributed by atoms with E-state index in [0.29, 0.717) is 59.5 Å². The number of hydrogen-bond acceptors (Lipinski definition) is 8. The fourth-order valence-electron chi connectivity index (χ4n) is 4.92. The zero-order valence-corrected chi connectivity index (χ0v) is 29.8. The van der Waals surface area contributed by atoms with Gasteiger partial charge in [0.05, 0.1) is 40.6 Å². The predicted octanol–water partition coefficient (Wildman–Crippen LogP) is 6.96. The van der Waals surface area contributed by atoms with Crippen molar-refractivity contribution in [3.63, 3.8) is 0 Å². The largest absolute Gasteiger partial charge is 0.496 e. The third kappa shape index (κ3) is 7.06. The maximum absolute atomic E-state index is 14.2. The minimum atomic E-state index is -0.827. The van der Waals surface area contributed by atoms with E-state index in [1.807, 2.05) is 30.3 Å². The quantitative estimate of drug-likeness (QED) is 0.171. The molecular weight excluding hydrogens is 748 g/mol. The van der Waals surface area contributed by atoms with Crippen molar-refractivity contribution in [1.29, 1.82) is 0 Å². The Bertz CT molecular complexity index is 1990. The number of nitrogens with zero attached hydrogens (tertiary/aromatic N) is 2. The number of carbonyl (C=O) groups is 1. The maximum atomic E-state index is 14.2. The molecule has 1 aliphatic heterocycles. The third-order valence-electron chi connectivity index (χ3n) is 6.92. The van der Waals surface area contributed by atoms with Crippen LogP contribution < -0.4 is 29.1 Å². The molecule has 0 bridgehead atoms. The van der Waals surface area contributed by atoms with Crippen LogP contribution >= 0.6 is 54.8 Å². The Labute approximate surface area is 285 Å². The standard InChI is InChI=1S/C33H29Br2ClN2O6S/c1-17(2)44-32(40)28-18(3)37-33-38(29(28)23-15-21(34)8-11-25(23)41-4)31(39)27(45-33)14-20-12-24(35)30(26(13-20)42-5)43-16-19-6-9-22(36)10-7-19/h6-15,17,29H,16H2,1-5H3/b27-14-/t29-/m0/s1. The van der Waals surface area contributed by atoms with E-state index in [2.05, 4.69) is 36.9 Å². The van der Waals surface area contributed by atoms with Crippen LogP contribution in [0.25, 0.3) is 6.08 Å². The number of allylic oxidation sites excluding steroid dienone is 1. The van der Waals surface area contributed by atoms with E-state index in [1.54, 1.807) is 65.3 Å². The molecule has 4 aromatic rings. The van der Waals surface area contributed by atoms with Gasteiger partial charge in [-0.05, 0) is 96.4 Å². The van der Waals surface area contributed by atoms with Gasteiger partial charge in [0.15, 0.2) is 16.3 Å². The Balaban J connectivity index is 1.61. The molecule has 0 spiro atoms. The number of methoxy groups -OCH3 is 2. The minimum absolute atomic E-state index is 0.269. The summed E-state index contributed by atoms with van der Waals surface area (Å²) in [5, 5.41) is 0.649. The van der Waals surface area contributed by atoms with Crippen molar-refractivity contribution >= 4 is 66.8 Å². The minimum Gasteiger partial charge on any atom is -0.496 e. The van der Waals surface area contributed by atoms with Gasteiger partial charge in [-0.1, -0.05) is 51.0 Å². The molecule has 1 aliphatic rings. The van der Waals surface area contributed by atoms with Crippen molar-refractivity contribution in [2.45, 2.75) is 39.5 Å². The highest BCUT2D eigenvalue weighted by Gasteiger charge is 2.35. The van der Waals surface area contributed by atoms with Crippen LogP contribution in [0.1, 0.15) is 43.5 Å². The molecule has 1 aromatic heterocycles. The van der Waals surface area contributed by atoms with Crippen LogP contribution in [-0.2, 0) is 16.1 Å². The molecule has 0 N–H and O–H groups in total. The summed E-state index contributed by atoms with van der Waals surface area (Å²) in [5.41, 5.74) is 2.69. The number of rotatable bonds is 9. The summed E-state index contributed by atoms with van der Waals surface area (Å²) in [6, 6.07) is 15.7. The summed E-state index contributed by atoms with van der Waals surface area (Å²) in [4.78, 5) is 32.7. The first-order chi connectivity index (χ1) is 21.5. The molecule has 0 saturated carbocycles. The molecule has 0 radical (unpaired) electrons. The first kappa shape index (κ1) is 33.0. The van der Waals surface area contributed by atoms with E-state index in [1.165, 1.54) is 15.9 Å². The Morgan fingerprint density at radius 1 is 1.07 bits per heavy atom. The van der Waals surface area contributed by atoms with Gasteiger partial charge in [0.2, 0.25) is 0 Å². The highest BCUT2D eigenvalue weighted by Crippen LogP contribution is 2.39. The number of halogens is 3. The molecule has 3 aromatic carbocycles. The molecule has 0 amide bonds. The van der Waals surface area contributed by atoms with Gasteiger partial charge in [0.1, 0.15) is 18.4 Å². The van der Waals surface area contributed by atoms with Crippen LogP contribution in [0.4, 0.5) is 0 Å². The van der Waals surface area contributed by atoms with Crippen molar-refractivity contribution in [3.8, 4) is 17.2 Å². The summed E-state index contributed by atoms with van der Waals surface area (Å²) >= 11 is 14.4. The second kappa shape index (κ2) is 13.9. The lowest BCUT2D eigenvalue weighted by atomic mass is 9.95. The average molecular weight is 777 g/mol. The Morgan fingerprint density at radius 2 is 1.78 bits per heavy atom. The topological polar surface area (TPSA) is 88.4 Å². The number of thiazole rings is 1. The summed E-state index contributed by atoms with van der Waals surface area (Å²) in [5.74, 6) is 0.987. The van der Waals surface area contributed by atoms with Gasteiger partial charge in [-0.25, -0.2) is 9.79 Å². The lowest BCUT2D eigenvalue weighted by Crippen LogP contribution is -2.40. The highest BCUT2D eigenvalue weighted by molar-refractivity contribution is 9.10. The van der Waals surface area contributed by atoms with Crippen molar-refractivity contribution < 1.29 is 23.7 Å². The van der Waals surface area contributed by atoms with Gasteiger partial charge >= 0.3 is 5.97 Å². The number of benzene rings is 3. The molecule has 234 valence electrons. The fraction of sp³-hybridized carbons (Fsp3) is 0.242. The summed E-state index contributed by atoms with van der Waals surface area (Å²) < 4.78 is 26.4. The number of esters is 1. The van der Waals surface area contributed by atoms with Crippen LogP contribution in [0.5, 0.6) is 17.2 Å². The van der Waals surface area contributed by atoms with Crippen molar-refractivity contribution in [2.24, 2.45) is 4.99 Å². The number of hydrogen-bond donors (Lipinski definition) is 0. The van der Waals surface area contributed by atoms with Crippen LogP contribution in [0.2, 0.25) is 5.02 Å². The molecule has 45 heavy (non-hydrogen) atoms. The molecule has 12 heteroatoms. The molecule has 1 atom stereocenters. The molecule has 8 nitrogen and oxygen atoms in total. The van der Waals surface area contributed by atoms with Gasteiger partial charge in [-0.3, -0.25) is 9.36 Å². The summed E-state index contributed by atoms with van der Waals surface area (Å²) in [7, 11) is 3.10. The number of carbonyl (C=O) groups excluding carboxylic acids is 1. The predicted molar refractivity (Wildman–Crippen MR) is 182 cm³/mol. The normalized spacial score (nSPS) is 14.7.